The Hall–Kier alpha value is -2.68. The molecule has 2 aromatic heterocycles. The highest BCUT2D eigenvalue weighted by Crippen LogP contribution is 2.30. The van der Waals surface area contributed by atoms with E-state index in [0.29, 0.717) is 5.52 Å². The van der Waals surface area contributed by atoms with Gasteiger partial charge in [-0.3, -0.25) is 4.98 Å². The van der Waals surface area contributed by atoms with Crippen LogP contribution in [0.3, 0.4) is 0 Å². The zero-order chi connectivity index (χ0) is 17.5. The summed E-state index contributed by atoms with van der Waals surface area (Å²) in [6.45, 7) is 0. The van der Waals surface area contributed by atoms with E-state index in [1.807, 2.05) is 0 Å². The first-order chi connectivity index (χ1) is 11.3. The maximum Gasteiger partial charge on any atom is 0.433 e. The van der Waals surface area contributed by atoms with E-state index in [0.717, 1.165) is 30.5 Å². The largest absolute Gasteiger partial charge is 0.433 e. The third kappa shape index (κ3) is 3.02. The summed E-state index contributed by atoms with van der Waals surface area (Å²) in [5, 5.41) is 12.9. The molecule has 3 aromatic rings. The van der Waals surface area contributed by atoms with Crippen molar-refractivity contribution >= 4 is 16.6 Å². The number of pyridine rings is 1. The van der Waals surface area contributed by atoms with Crippen molar-refractivity contribution in [2.45, 2.75) is 12.4 Å². The number of fused-ring (bicyclic) bond motifs is 1. The zero-order valence-corrected chi connectivity index (χ0v) is 11.8. The number of aliphatic hydroxyl groups excluding tert-OH is 1. The fourth-order valence-corrected chi connectivity index (χ4v) is 2.20. The maximum atomic E-state index is 13.3. The van der Waals surface area contributed by atoms with Gasteiger partial charge in [0.15, 0.2) is 17.9 Å². The molecule has 0 spiro atoms. The van der Waals surface area contributed by atoms with Crippen molar-refractivity contribution < 1.29 is 27.1 Å². The van der Waals surface area contributed by atoms with Gasteiger partial charge >= 0.3 is 6.18 Å². The Labute approximate surface area is 132 Å². The summed E-state index contributed by atoms with van der Waals surface area (Å²) in [4.78, 5) is 5.94. The van der Waals surface area contributed by atoms with Gasteiger partial charge in [0.1, 0.15) is 5.69 Å². The summed E-state index contributed by atoms with van der Waals surface area (Å²) in [5.41, 5.74) is -0.437. The van der Waals surface area contributed by atoms with Gasteiger partial charge in [0.25, 0.3) is 0 Å². The second-order valence-corrected chi connectivity index (χ2v) is 5.04. The highest BCUT2D eigenvalue weighted by atomic mass is 19.4. The van der Waals surface area contributed by atoms with E-state index < -0.39 is 29.7 Å². The van der Waals surface area contributed by atoms with E-state index >= 15 is 0 Å². The van der Waals surface area contributed by atoms with E-state index in [9.17, 15) is 27.1 Å². The molecule has 126 valence electrons. The molecule has 1 unspecified atom stereocenters. The van der Waals surface area contributed by atoms with Gasteiger partial charge in [0.2, 0.25) is 0 Å². The molecule has 0 bridgehead atoms. The van der Waals surface area contributed by atoms with Gasteiger partial charge in [-0.1, -0.05) is 6.07 Å². The van der Waals surface area contributed by atoms with Crippen molar-refractivity contribution in [3.63, 3.8) is 0 Å². The molecule has 2 heterocycles. The maximum absolute atomic E-state index is 13.3. The summed E-state index contributed by atoms with van der Waals surface area (Å²) >= 11 is 0. The first-order valence-electron chi connectivity index (χ1n) is 6.69. The number of benzene rings is 1. The van der Waals surface area contributed by atoms with E-state index in [2.05, 4.69) is 15.3 Å². The topological polar surface area (TPSA) is 60.9 Å². The Morgan fingerprint density at radius 2 is 1.83 bits per heavy atom. The molecule has 3 N–H and O–H groups in total. The SMILES string of the molecule is OC(Nc1c[nH]c2cc(F)c(F)cc12)c1ccc(C(F)(F)F)nc1. The monoisotopic (exact) mass is 343 g/mol. The van der Waals surface area contributed by atoms with Crippen LogP contribution in [0, 0.1) is 11.6 Å². The fourth-order valence-electron chi connectivity index (χ4n) is 2.20. The Bertz CT molecular complexity index is 873. The number of hydrogen-bond acceptors (Lipinski definition) is 3. The fraction of sp³-hybridized carbons (Fsp3) is 0.133. The standard InChI is InChI=1S/C15H10F5N3O/c16-9-3-8-11(4-10(9)17)21-6-12(8)23-14(24)7-1-2-13(22-5-7)15(18,19)20/h1-6,14,21,23-24H. The number of hydrogen-bond donors (Lipinski definition) is 3. The Kier molecular flexibility index (Phi) is 3.88. The third-order valence-corrected chi connectivity index (χ3v) is 3.41. The van der Waals surface area contributed by atoms with Crippen molar-refractivity contribution in [2.24, 2.45) is 0 Å². The summed E-state index contributed by atoms with van der Waals surface area (Å²) in [7, 11) is 0. The lowest BCUT2D eigenvalue weighted by Crippen LogP contribution is -2.12. The molecule has 0 aliphatic carbocycles. The first-order valence-corrected chi connectivity index (χ1v) is 6.69. The number of rotatable bonds is 3. The Morgan fingerprint density at radius 1 is 1.12 bits per heavy atom. The molecule has 3 rings (SSSR count). The van der Waals surface area contributed by atoms with Gasteiger partial charge in [-0.05, 0) is 12.1 Å². The number of anilines is 1. The van der Waals surface area contributed by atoms with Gasteiger partial charge in [-0.25, -0.2) is 8.78 Å². The van der Waals surface area contributed by atoms with Crippen molar-refractivity contribution in [3.8, 4) is 0 Å². The minimum Gasteiger partial charge on any atom is -0.369 e. The van der Waals surface area contributed by atoms with Crippen LogP contribution in [0.15, 0.2) is 36.7 Å². The second-order valence-electron chi connectivity index (χ2n) is 5.04. The summed E-state index contributed by atoms with van der Waals surface area (Å²) < 4.78 is 63.9. The first kappa shape index (κ1) is 16.2. The Balaban J connectivity index is 1.84. The Morgan fingerprint density at radius 3 is 2.46 bits per heavy atom. The lowest BCUT2D eigenvalue weighted by molar-refractivity contribution is -0.141. The molecule has 1 aromatic carbocycles. The normalized spacial score (nSPS) is 13.2. The average Bonchev–Trinajstić information content (AvgIpc) is 2.89. The van der Waals surface area contributed by atoms with Gasteiger partial charge < -0.3 is 15.4 Å². The van der Waals surface area contributed by atoms with Crippen molar-refractivity contribution in [1.82, 2.24) is 9.97 Å². The number of aromatic amines is 1. The summed E-state index contributed by atoms with van der Waals surface area (Å²) in [6, 6.07) is 3.72. The van der Waals surface area contributed by atoms with Crippen molar-refractivity contribution in [3.05, 3.63) is 59.6 Å². The third-order valence-electron chi connectivity index (χ3n) is 3.41. The number of halogens is 5. The lowest BCUT2D eigenvalue weighted by Gasteiger charge is -2.14. The molecule has 0 radical (unpaired) electrons. The molecular formula is C15H10F5N3O. The zero-order valence-electron chi connectivity index (χ0n) is 11.8. The quantitative estimate of drug-likeness (QED) is 0.498. The smallest absolute Gasteiger partial charge is 0.369 e. The van der Waals surface area contributed by atoms with Crippen LogP contribution in [0.5, 0.6) is 0 Å². The average molecular weight is 343 g/mol. The van der Waals surface area contributed by atoms with E-state index in [1.54, 1.807) is 0 Å². The molecule has 0 aliphatic rings. The molecule has 4 nitrogen and oxygen atoms in total. The van der Waals surface area contributed by atoms with Gasteiger partial charge in [-0.2, -0.15) is 13.2 Å². The van der Waals surface area contributed by atoms with Crippen molar-refractivity contribution in [2.75, 3.05) is 5.32 Å². The highest BCUT2D eigenvalue weighted by molar-refractivity contribution is 5.92. The van der Waals surface area contributed by atoms with Crippen LogP contribution in [0.2, 0.25) is 0 Å². The minimum absolute atomic E-state index is 0.0833. The molecule has 0 fully saturated rings. The van der Waals surface area contributed by atoms with Gasteiger partial charge in [0, 0.05) is 29.4 Å². The minimum atomic E-state index is -4.57. The number of nitrogens with zero attached hydrogens (tertiary/aromatic N) is 1. The predicted molar refractivity (Wildman–Crippen MR) is 76.0 cm³/mol. The van der Waals surface area contributed by atoms with Crippen LogP contribution in [0.25, 0.3) is 10.9 Å². The van der Waals surface area contributed by atoms with Crippen LogP contribution in [0.1, 0.15) is 17.5 Å². The molecule has 0 amide bonds. The summed E-state index contributed by atoms with van der Waals surface area (Å²) in [5.74, 6) is -2.08. The molecule has 9 heteroatoms. The van der Waals surface area contributed by atoms with Crippen LogP contribution >= 0.6 is 0 Å². The van der Waals surface area contributed by atoms with Crippen LogP contribution in [-0.4, -0.2) is 15.1 Å². The second kappa shape index (κ2) is 5.75. The number of H-pyrrole nitrogens is 1. The molecule has 24 heavy (non-hydrogen) atoms. The lowest BCUT2D eigenvalue weighted by atomic mass is 10.2. The molecule has 0 saturated carbocycles. The molecule has 0 aliphatic heterocycles. The number of alkyl halides is 3. The van der Waals surface area contributed by atoms with Gasteiger partial charge in [-0.15, -0.1) is 0 Å². The number of aliphatic hydroxyl groups is 1. The number of aromatic nitrogens is 2. The van der Waals surface area contributed by atoms with Crippen molar-refractivity contribution in [1.29, 1.82) is 0 Å². The molecule has 0 saturated heterocycles. The molecule has 1 atom stereocenters. The van der Waals surface area contributed by atoms with Crippen LogP contribution < -0.4 is 5.32 Å². The van der Waals surface area contributed by atoms with Gasteiger partial charge in [0.05, 0.1) is 11.2 Å². The summed E-state index contributed by atoms with van der Waals surface area (Å²) in [6.07, 6.45) is -3.69. The van der Waals surface area contributed by atoms with Crippen LogP contribution in [0.4, 0.5) is 27.6 Å². The van der Waals surface area contributed by atoms with E-state index in [4.69, 9.17) is 0 Å². The predicted octanol–water partition coefficient (Wildman–Crippen LogP) is 3.96. The highest BCUT2D eigenvalue weighted by Gasteiger charge is 2.32. The van der Waals surface area contributed by atoms with E-state index in [1.165, 1.54) is 6.20 Å². The van der Waals surface area contributed by atoms with Crippen LogP contribution in [-0.2, 0) is 6.18 Å². The van der Waals surface area contributed by atoms with E-state index in [-0.39, 0.29) is 16.6 Å². The molecular weight excluding hydrogens is 333 g/mol. The number of nitrogens with one attached hydrogen (secondary N) is 2.